The minimum Gasteiger partial charge on any atom is -0.465 e. The number of benzene rings is 1. The maximum atomic E-state index is 13.2. The van der Waals surface area contributed by atoms with Crippen LogP contribution in [0.4, 0.5) is 18.9 Å². The Kier molecular flexibility index (Phi) is 6.22. The van der Waals surface area contributed by atoms with Gasteiger partial charge >= 0.3 is 18.1 Å². The first-order valence-electron chi connectivity index (χ1n) is 7.36. The molecular formula is C16H20F3NO4. The van der Waals surface area contributed by atoms with Crippen LogP contribution in [0, 0.1) is 5.41 Å². The third kappa shape index (κ3) is 4.39. The lowest BCUT2D eigenvalue weighted by molar-refractivity contribution is -0.171. The number of carbonyl (C=O) groups is 2. The number of nitrogens with two attached hydrogens (primary N) is 1. The molecule has 0 radical (unpaired) electrons. The second-order valence-corrected chi connectivity index (χ2v) is 5.36. The molecule has 0 heterocycles. The number of ether oxygens (including phenoxy) is 2. The molecule has 5 nitrogen and oxygen atoms in total. The van der Waals surface area contributed by atoms with Crippen molar-refractivity contribution in [1.82, 2.24) is 0 Å². The number of esters is 2. The lowest BCUT2D eigenvalue weighted by Crippen LogP contribution is -2.41. The molecule has 0 spiro atoms. The van der Waals surface area contributed by atoms with Crippen molar-refractivity contribution in [2.75, 3.05) is 18.9 Å². The predicted octanol–water partition coefficient (Wildman–Crippen LogP) is 2.96. The third-order valence-corrected chi connectivity index (χ3v) is 3.44. The molecule has 0 amide bonds. The van der Waals surface area contributed by atoms with Crippen LogP contribution in [-0.2, 0) is 31.7 Å². The summed E-state index contributed by atoms with van der Waals surface area (Å²) < 4.78 is 49.3. The number of hydrogen-bond donors (Lipinski definition) is 1. The Bertz CT molecular complexity index is 596. The third-order valence-electron chi connectivity index (χ3n) is 3.44. The second-order valence-electron chi connectivity index (χ2n) is 5.36. The zero-order valence-electron chi connectivity index (χ0n) is 13.7. The topological polar surface area (TPSA) is 78.6 Å². The highest BCUT2D eigenvalue weighted by Crippen LogP contribution is 2.37. The molecular weight excluding hydrogens is 327 g/mol. The lowest BCUT2D eigenvalue weighted by Gasteiger charge is -2.26. The summed E-state index contributed by atoms with van der Waals surface area (Å²) in [6, 6.07) is 3.20. The second kappa shape index (κ2) is 7.55. The minimum atomic E-state index is -4.67. The van der Waals surface area contributed by atoms with Crippen LogP contribution < -0.4 is 5.73 Å². The van der Waals surface area contributed by atoms with Gasteiger partial charge in [-0.1, -0.05) is 6.07 Å². The molecule has 1 aromatic carbocycles. The fraction of sp³-hybridized carbons (Fsp3) is 0.500. The summed E-state index contributed by atoms with van der Waals surface area (Å²) in [5, 5.41) is 0. The Balaban J connectivity index is 3.34. The van der Waals surface area contributed by atoms with Crippen molar-refractivity contribution < 1.29 is 32.2 Å². The fourth-order valence-corrected chi connectivity index (χ4v) is 2.20. The van der Waals surface area contributed by atoms with Crippen LogP contribution in [0.5, 0.6) is 0 Å². The molecule has 8 heteroatoms. The molecule has 134 valence electrons. The standard InChI is InChI=1S/C16H20F3NO4/c1-4-23-13(21)15(3,14(22)24-5-2)9-10-6-7-11(20)8-12(10)16(17,18)19/h6-8H,4-5,9,20H2,1-3H3. The molecule has 0 aliphatic carbocycles. The Labute approximate surface area is 137 Å². The van der Waals surface area contributed by atoms with Crippen molar-refractivity contribution in [1.29, 1.82) is 0 Å². The van der Waals surface area contributed by atoms with Gasteiger partial charge in [-0.05, 0) is 44.9 Å². The molecule has 0 saturated carbocycles. The van der Waals surface area contributed by atoms with Crippen LogP contribution in [0.15, 0.2) is 18.2 Å². The number of alkyl halides is 3. The van der Waals surface area contributed by atoms with E-state index in [2.05, 4.69) is 0 Å². The van der Waals surface area contributed by atoms with Crippen LogP contribution in [0.1, 0.15) is 31.9 Å². The Morgan fingerprint density at radius 1 is 1.08 bits per heavy atom. The zero-order chi connectivity index (χ0) is 18.5. The van der Waals surface area contributed by atoms with Crippen molar-refractivity contribution in [3.8, 4) is 0 Å². The van der Waals surface area contributed by atoms with Gasteiger partial charge in [0.05, 0.1) is 18.8 Å². The van der Waals surface area contributed by atoms with Crippen LogP contribution >= 0.6 is 0 Å². The highest BCUT2D eigenvalue weighted by atomic mass is 19.4. The average Bonchev–Trinajstić information content (AvgIpc) is 2.48. The van der Waals surface area contributed by atoms with Crippen molar-refractivity contribution in [3.63, 3.8) is 0 Å². The van der Waals surface area contributed by atoms with E-state index in [0.717, 1.165) is 12.1 Å². The van der Waals surface area contributed by atoms with Gasteiger partial charge in [0.15, 0.2) is 5.41 Å². The van der Waals surface area contributed by atoms with Gasteiger partial charge in [0.2, 0.25) is 0 Å². The van der Waals surface area contributed by atoms with Gasteiger partial charge in [-0.2, -0.15) is 13.2 Å². The van der Waals surface area contributed by atoms with E-state index in [1.807, 2.05) is 0 Å². The predicted molar refractivity (Wildman–Crippen MR) is 80.9 cm³/mol. The van der Waals surface area contributed by atoms with Crippen molar-refractivity contribution in [2.24, 2.45) is 5.41 Å². The fourth-order valence-electron chi connectivity index (χ4n) is 2.20. The summed E-state index contributed by atoms with van der Waals surface area (Å²) in [4.78, 5) is 24.4. The molecule has 0 aliphatic rings. The molecule has 24 heavy (non-hydrogen) atoms. The Morgan fingerprint density at radius 3 is 2.00 bits per heavy atom. The highest BCUT2D eigenvalue weighted by molar-refractivity contribution is 6.00. The summed E-state index contributed by atoms with van der Waals surface area (Å²) in [5.41, 5.74) is 2.23. The Morgan fingerprint density at radius 2 is 1.58 bits per heavy atom. The SMILES string of the molecule is CCOC(=O)C(C)(Cc1ccc(N)cc1C(F)(F)F)C(=O)OCC. The molecule has 0 fully saturated rings. The maximum Gasteiger partial charge on any atom is 0.416 e. The van der Waals surface area contributed by atoms with Gasteiger partial charge in [-0.3, -0.25) is 9.59 Å². The van der Waals surface area contributed by atoms with E-state index in [-0.39, 0.29) is 24.5 Å². The largest absolute Gasteiger partial charge is 0.465 e. The minimum absolute atomic E-state index is 0.0122. The molecule has 0 bridgehead atoms. The molecule has 0 atom stereocenters. The normalized spacial score (nSPS) is 11.9. The van der Waals surface area contributed by atoms with Crippen LogP contribution in [0.25, 0.3) is 0 Å². The van der Waals surface area contributed by atoms with Crippen LogP contribution in [0.2, 0.25) is 0 Å². The van der Waals surface area contributed by atoms with Crippen LogP contribution in [-0.4, -0.2) is 25.2 Å². The molecule has 0 aromatic heterocycles. The van der Waals surface area contributed by atoms with Gasteiger partial charge in [-0.25, -0.2) is 0 Å². The summed E-state index contributed by atoms with van der Waals surface area (Å²) in [6.07, 6.45) is -5.19. The van der Waals surface area contributed by atoms with Gasteiger partial charge < -0.3 is 15.2 Å². The van der Waals surface area contributed by atoms with Crippen molar-refractivity contribution in [3.05, 3.63) is 29.3 Å². The average molecular weight is 347 g/mol. The summed E-state index contributed by atoms with van der Waals surface area (Å²) in [7, 11) is 0. The summed E-state index contributed by atoms with van der Waals surface area (Å²) in [5.74, 6) is -1.87. The van der Waals surface area contributed by atoms with E-state index in [9.17, 15) is 22.8 Å². The van der Waals surface area contributed by atoms with E-state index in [4.69, 9.17) is 15.2 Å². The Hall–Kier alpha value is -2.25. The lowest BCUT2D eigenvalue weighted by atomic mass is 9.82. The monoisotopic (exact) mass is 347 g/mol. The molecule has 0 saturated heterocycles. The van der Waals surface area contributed by atoms with Crippen LogP contribution in [0.3, 0.4) is 0 Å². The van der Waals surface area contributed by atoms with Gasteiger partial charge in [0, 0.05) is 5.69 Å². The highest BCUT2D eigenvalue weighted by Gasteiger charge is 2.46. The summed E-state index contributed by atoms with van der Waals surface area (Å²) >= 11 is 0. The molecule has 1 aromatic rings. The van der Waals surface area contributed by atoms with Crippen molar-refractivity contribution >= 4 is 17.6 Å². The summed E-state index contributed by atoms with van der Waals surface area (Å²) in [6.45, 7) is 4.25. The van der Waals surface area contributed by atoms with Gasteiger partial charge in [-0.15, -0.1) is 0 Å². The number of nitrogen functional groups attached to an aromatic ring is 1. The van der Waals surface area contributed by atoms with E-state index in [1.165, 1.54) is 26.8 Å². The first-order valence-corrected chi connectivity index (χ1v) is 7.36. The zero-order valence-corrected chi connectivity index (χ0v) is 13.7. The number of rotatable bonds is 6. The first-order chi connectivity index (χ1) is 11.1. The van der Waals surface area contributed by atoms with Gasteiger partial charge in [0.1, 0.15) is 0 Å². The van der Waals surface area contributed by atoms with E-state index in [0.29, 0.717) is 0 Å². The number of carbonyl (C=O) groups excluding carboxylic acids is 2. The smallest absolute Gasteiger partial charge is 0.416 e. The molecule has 2 N–H and O–H groups in total. The van der Waals surface area contributed by atoms with E-state index < -0.39 is 35.5 Å². The molecule has 0 aliphatic heterocycles. The first kappa shape index (κ1) is 19.8. The number of halogens is 3. The number of anilines is 1. The van der Waals surface area contributed by atoms with E-state index in [1.54, 1.807) is 0 Å². The van der Waals surface area contributed by atoms with E-state index >= 15 is 0 Å². The number of hydrogen-bond acceptors (Lipinski definition) is 5. The molecule has 0 unspecified atom stereocenters. The quantitative estimate of drug-likeness (QED) is 0.486. The van der Waals surface area contributed by atoms with Gasteiger partial charge in [0.25, 0.3) is 0 Å². The maximum absolute atomic E-state index is 13.2. The molecule has 1 rings (SSSR count). The van der Waals surface area contributed by atoms with Crippen molar-refractivity contribution in [2.45, 2.75) is 33.4 Å².